The van der Waals surface area contributed by atoms with Crippen molar-refractivity contribution >= 4 is 33.8 Å². The molecule has 3 N–H and O–H groups in total. The summed E-state index contributed by atoms with van der Waals surface area (Å²) >= 11 is 1.58. The van der Waals surface area contributed by atoms with Crippen LogP contribution in [-0.2, 0) is 6.54 Å². The van der Waals surface area contributed by atoms with Gasteiger partial charge in [0.05, 0.1) is 17.1 Å². The molecule has 108 valence electrons. The van der Waals surface area contributed by atoms with Gasteiger partial charge in [0.2, 0.25) is 0 Å². The average Bonchev–Trinajstić information content (AvgIpc) is 3.04. The lowest BCUT2D eigenvalue weighted by Gasteiger charge is -2.14. The summed E-state index contributed by atoms with van der Waals surface area (Å²) in [5, 5.41) is 8.71. The number of hydrogen-bond donors (Lipinski definition) is 2. The second-order valence-corrected chi connectivity index (χ2v) is 6.20. The lowest BCUT2D eigenvalue weighted by Crippen LogP contribution is -2.26. The minimum atomic E-state index is -0.141. The van der Waals surface area contributed by atoms with Crippen molar-refractivity contribution in [1.29, 1.82) is 0 Å². The maximum absolute atomic E-state index is 12.5. The molecule has 0 radical (unpaired) electrons. The fraction of sp³-hybridized carbons (Fsp3) is 0.214. The highest BCUT2D eigenvalue weighted by Crippen LogP contribution is 2.21. The molecule has 1 aromatic carbocycles. The van der Waals surface area contributed by atoms with Crippen molar-refractivity contribution in [3.05, 3.63) is 40.0 Å². The number of aromatic amines is 1. The third kappa shape index (κ3) is 2.59. The molecule has 7 heteroatoms. The predicted octanol–water partition coefficient (Wildman–Crippen LogP) is 2.18. The van der Waals surface area contributed by atoms with Crippen LogP contribution in [0.4, 0.5) is 5.69 Å². The molecule has 0 unspecified atom stereocenters. The summed E-state index contributed by atoms with van der Waals surface area (Å²) in [6.45, 7) is 2.46. The Kier molecular flexibility index (Phi) is 3.34. The molecule has 0 bridgehead atoms. The Bertz CT molecular complexity index is 807. The zero-order valence-corrected chi connectivity index (χ0v) is 12.6. The number of aryl methyl sites for hydroxylation is 1. The maximum Gasteiger partial charge on any atom is 0.275 e. The van der Waals surface area contributed by atoms with E-state index in [9.17, 15) is 4.79 Å². The summed E-state index contributed by atoms with van der Waals surface area (Å²) in [5.41, 5.74) is 7.58. The summed E-state index contributed by atoms with van der Waals surface area (Å²) < 4.78 is 0. The van der Waals surface area contributed by atoms with Crippen LogP contribution in [0.15, 0.2) is 24.4 Å². The number of benzene rings is 1. The van der Waals surface area contributed by atoms with Crippen molar-refractivity contribution < 1.29 is 4.79 Å². The van der Waals surface area contributed by atoms with Gasteiger partial charge in [-0.15, -0.1) is 11.3 Å². The number of nitrogen functional groups attached to an aromatic ring is 1. The van der Waals surface area contributed by atoms with Crippen molar-refractivity contribution in [2.24, 2.45) is 0 Å². The van der Waals surface area contributed by atoms with E-state index in [1.54, 1.807) is 41.6 Å². The van der Waals surface area contributed by atoms with E-state index < -0.39 is 0 Å². The molecule has 0 atom stereocenters. The van der Waals surface area contributed by atoms with Gasteiger partial charge in [0.25, 0.3) is 5.91 Å². The summed E-state index contributed by atoms with van der Waals surface area (Å²) in [7, 11) is 1.75. The van der Waals surface area contributed by atoms with Gasteiger partial charge in [-0.3, -0.25) is 9.89 Å². The molecule has 2 heterocycles. The first-order valence-corrected chi connectivity index (χ1v) is 7.26. The Hall–Kier alpha value is -2.41. The molecule has 0 spiro atoms. The molecule has 6 nitrogen and oxygen atoms in total. The van der Waals surface area contributed by atoms with Gasteiger partial charge < -0.3 is 10.6 Å². The minimum Gasteiger partial charge on any atom is -0.399 e. The van der Waals surface area contributed by atoms with E-state index >= 15 is 0 Å². The Balaban J connectivity index is 1.87. The first-order chi connectivity index (χ1) is 10.0. The van der Waals surface area contributed by atoms with Crippen LogP contribution in [0.3, 0.4) is 0 Å². The molecule has 0 aliphatic heterocycles. The first-order valence-electron chi connectivity index (χ1n) is 6.45. The van der Waals surface area contributed by atoms with E-state index in [1.165, 1.54) is 0 Å². The Labute approximate surface area is 125 Å². The molecule has 21 heavy (non-hydrogen) atoms. The molecule has 0 saturated heterocycles. The fourth-order valence-electron chi connectivity index (χ4n) is 2.16. The van der Waals surface area contributed by atoms with Gasteiger partial charge >= 0.3 is 0 Å². The molecular weight excluding hydrogens is 286 g/mol. The van der Waals surface area contributed by atoms with Crippen molar-refractivity contribution in [3.63, 3.8) is 0 Å². The lowest BCUT2D eigenvalue weighted by atomic mass is 10.2. The van der Waals surface area contributed by atoms with Crippen molar-refractivity contribution in [2.45, 2.75) is 13.5 Å². The van der Waals surface area contributed by atoms with E-state index in [4.69, 9.17) is 5.73 Å². The number of carbonyl (C=O) groups excluding carboxylic acids is 1. The molecule has 0 aliphatic rings. The van der Waals surface area contributed by atoms with Crippen LogP contribution in [-0.4, -0.2) is 33.0 Å². The normalized spacial score (nSPS) is 11.0. The zero-order valence-electron chi connectivity index (χ0n) is 11.8. The lowest BCUT2D eigenvalue weighted by molar-refractivity contribution is 0.0782. The molecule has 3 rings (SSSR count). The summed E-state index contributed by atoms with van der Waals surface area (Å²) in [5.74, 6) is -0.141. The van der Waals surface area contributed by atoms with Gasteiger partial charge in [0.1, 0.15) is 0 Å². The summed E-state index contributed by atoms with van der Waals surface area (Å²) in [6.07, 6.45) is 1.80. The van der Waals surface area contributed by atoms with Crippen molar-refractivity contribution in [1.82, 2.24) is 20.1 Å². The van der Waals surface area contributed by atoms with Gasteiger partial charge in [0.15, 0.2) is 5.69 Å². The van der Waals surface area contributed by atoms with Gasteiger partial charge in [-0.25, -0.2) is 4.98 Å². The standard InChI is InChI=1S/C14H15N5OS/c1-8-16-6-10(21-8)7-19(2)14(20)13-11-5-9(15)3-4-12(11)17-18-13/h3-6H,7,15H2,1-2H3,(H,17,18). The van der Waals surface area contributed by atoms with E-state index in [1.807, 2.05) is 13.0 Å². The highest BCUT2D eigenvalue weighted by Gasteiger charge is 2.19. The van der Waals surface area contributed by atoms with E-state index in [0.29, 0.717) is 17.9 Å². The zero-order chi connectivity index (χ0) is 15.0. The number of rotatable bonds is 3. The Morgan fingerprint density at radius 2 is 2.29 bits per heavy atom. The van der Waals surface area contributed by atoms with Crippen LogP contribution in [0.2, 0.25) is 0 Å². The molecule has 1 amide bonds. The number of fused-ring (bicyclic) bond motifs is 1. The SMILES string of the molecule is Cc1ncc(CN(C)C(=O)c2n[nH]c3ccc(N)cc23)s1. The van der Waals surface area contributed by atoms with Crippen LogP contribution in [0.5, 0.6) is 0 Å². The number of amides is 1. The van der Waals surface area contributed by atoms with Crippen LogP contribution in [0.25, 0.3) is 10.9 Å². The van der Waals surface area contributed by atoms with Crippen LogP contribution >= 0.6 is 11.3 Å². The number of hydrogen-bond acceptors (Lipinski definition) is 5. The third-order valence-electron chi connectivity index (χ3n) is 3.20. The average molecular weight is 301 g/mol. The molecule has 0 fully saturated rings. The number of anilines is 1. The second kappa shape index (κ2) is 5.17. The molecule has 2 aromatic heterocycles. The van der Waals surface area contributed by atoms with Crippen LogP contribution < -0.4 is 5.73 Å². The first kappa shape index (κ1) is 13.6. The van der Waals surface area contributed by atoms with Crippen LogP contribution in [0.1, 0.15) is 20.4 Å². The number of nitrogens with one attached hydrogen (secondary N) is 1. The van der Waals surface area contributed by atoms with Crippen LogP contribution in [0, 0.1) is 6.92 Å². The number of carbonyl (C=O) groups is 1. The molecular formula is C14H15N5OS. The predicted molar refractivity (Wildman–Crippen MR) is 83.2 cm³/mol. The summed E-state index contributed by atoms with van der Waals surface area (Å²) in [6, 6.07) is 5.36. The number of nitrogens with zero attached hydrogens (tertiary/aromatic N) is 3. The van der Waals surface area contributed by atoms with E-state index in [-0.39, 0.29) is 5.91 Å². The van der Waals surface area contributed by atoms with Gasteiger partial charge in [-0.2, -0.15) is 5.10 Å². The van der Waals surface area contributed by atoms with Crippen molar-refractivity contribution in [3.8, 4) is 0 Å². The number of nitrogens with two attached hydrogens (primary N) is 1. The molecule has 0 aliphatic carbocycles. The quantitative estimate of drug-likeness (QED) is 0.726. The highest BCUT2D eigenvalue weighted by atomic mass is 32.1. The smallest absolute Gasteiger partial charge is 0.275 e. The Morgan fingerprint density at radius 1 is 1.48 bits per heavy atom. The number of thiazole rings is 1. The molecule has 3 aromatic rings. The monoisotopic (exact) mass is 301 g/mol. The third-order valence-corrected chi connectivity index (χ3v) is 4.10. The van der Waals surface area contributed by atoms with Gasteiger partial charge in [-0.05, 0) is 25.1 Å². The maximum atomic E-state index is 12.5. The number of aromatic nitrogens is 3. The van der Waals surface area contributed by atoms with E-state index in [0.717, 1.165) is 20.8 Å². The largest absolute Gasteiger partial charge is 0.399 e. The summed E-state index contributed by atoms with van der Waals surface area (Å²) in [4.78, 5) is 19.4. The van der Waals surface area contributed by atoms with E-state index in [2.05, 4.69) is 15.2 Å². The fourth-order valence-corrected chi connectivity index (χ4v) is 3.01. The molecule has 0 saturated carbocycles. The minimum absolute atomic E-state index is 0.141. The Morgan fingerprint density at radius 3 is 3.00 bits per heavy atom. The van der Waals surface area contributed by atoms with Gasteiger partial charge in [0, 0.05) is 29.2 Å². The second-order valence-electron chi connectivity index (χ2n) is 4.88. The highest BCUT2D eigenvalue weighted by molar-refractivity contribution is 7.11. The van der Waals surface area contributed by atoms with Crippen molar-refractivity contribution in [2.75, 3.05) is 12.8 Å². The van der Waals surface area contributed by atoms with Gasteiger partial charge in [-0.1, -0.05) is 0 Å². The topological polar surface area (TPSA) is 87.9 Å². The number of H-pyrrole nitrogens is 1.